The number of thioether (sulfide) groups is 1. The zero-order chi connectivity index (χ0) is 23.3. The van der Waals surface area contributed by atoms with Gasteiger partial charge in [-0.25, -0.2) is 0 Å². The number of terminal acetylenes is 1. The summed E-state index contributed by atoms with van der Waals surface area (Å²) in [6.07, 6.45) is 5.28. The Bertz CT molecular complexity index is 1160. The van der Waals surface area contributed by atoms with E-state index in [0.29, 0.717) is 37.5 Å². The maximum absolute atomic E-state index is 11.5. The van der Waals surface area contributed by atoms with E-state index in [1.54, 1.807) is 24.3 Å². The predicted molar refractivity (Wildman–Crippen MR) is 127 cm³/mol. The molecule has 8 nitrogen and oxygen atoms in total. The maximum Gasteiger partial charge on any atom is 0.220 e. The molecule has 0 spiro atoms. The lowest BCUT2D eigenvalue weighted by molar-refractivity contribution is -0.479. The summed E-state index contributed by atoms with van der Waals surface area (Å²) in [6.45, 7) is 1.54. The number of halogens is 2. The fraction of sp³-hybridized carbons (Fsp3) is 0.238. The quantitative estimate of drug-likeness (QED) is 0.162. The Balaban J connectivity index is 2.01. The van der Waals surface area contributed by atoms with Crippen LogP contribution in [0, 0.1) is 29.4 Å². The van der Waals surface area contributed by atoms with Crippen LogP contribution in [0.25, 0.3) is 5.69 Å². The van der Waals surface area contributed by atoms with E-state index in [1.807, 2.05) is 23.6 Å². The third-order valence-corrected chi connectivity index (χ3v) is 6.39. The fourth-order valence-corrected chi connectivity index (χ4v) is 4.81. The zero-order valence-electron chi connectivity index (χ0n) is 17.1. The van der Waals surface area contributed by atoms with Gasteiger partial charge in [0.15, 0.2) is 16.7 Å². The van der Waals surface area contributed by atoms with Crippen LogP contribution in [0.1, 0.15) is 16.6 Å². The van der Waals surface area contributed by atoms with Gasteiger partial charge in [0.1, 0.15) is 17.7 Å². The molecule has 3 rings (SSSR count). The first-order chi connectivity index (χ1) is 15.3. The van der Waals surface area contributed by atoms with Gasteiger partial charge in [-0.3, -0.25) is 14.7 Å². The van der Waals surface area contributed by atoms with Crippen LogP contribution in [0.2, 0.25) is 5.02 Å². The molecule has 2 aromatic carbocycles. The molecule has 0 fully saturated rings. The Morgan fingerprint density at radius 1 is 1.34 bits per heavy atom. The predicted octanol–water partition coefficient (Wildman–Crippen LogP) is 5.12. The van der Waals surface area contributed by atoms with E-state index in [4.69, 9.17) is 27.5 Å². The molecule has 0 bridgehead atoms. The number of aryl methyl sites for hydroxylation is 1. The number of hydrogen-bond donors (Lipinski definition) is 0. The average Bonchev–Trinajstić information content (AvgIpc) is 3.12. The van der Waals surface area contributed by atoms with E-state index in [-0.39, 0.29) is 18.1 Å². The number of nitrogens with zero attached hydrogens (tertiary/aromatic N) is 4. The molecule has 1 atom stereocenters. The summed E-state index contributed by atoms with van der Waals surface area (Å²) in [5.41, 5.74) is 1.46. The molecule has 0 saturated heterocycles. The number of nitro groups is 1. The molecule has 1 aromatic heterocycles. The molecule has 3 aromatic rings. The van der Waals surface area contributed by atoms with Gasteiger partial charge in [-0.15, -0.1) is 16.6 Å². The largest absolute Gasteiger partial charge is 0.493 e. The van der Waals surface area contributed by atoms with Gasteiger partial charge in [-0.05, 0) is 64.8 Å². The van der Waals surface area contributed by atoms with Crippen LogP contribution in [-0.2, 0) is 0 Å². The Labute approximate surface area is 202 Å². The van der Waals surface area contributed by atoms with Crippen molar-refractivity contribution in [2.24, 2.45) is 0 Å². The number of benzene rings is 2. The van der Waals surface area contributed by atoms with Crippen molar-refractivity contribution in [1.82, 2.24) is 14.8 Å². The lowest BCUT2D eigenvalue weighted by Crippen LogP contribution is -2.12. The molecule has 0 unspecified atom stereocenters. The number of hydrogen-bond acceptors (Lipinski definition) is 7. The van der Waals surface area contributed by atoms with Crippen LogP contribution in [0.4, 0.5) is 0 Å². The molecule has 11 heteroatoms. The molecule has 0 aliphatic carbocycles. The molecule has 1 heterocycles. The smallest absolute Gasteiger partial charge is 0.220 e. The molecule has 0 N–H and O–H groups in total. The van der Waals surface area contributed by atoms with Gasteiger partial charge in [0.25, 0.3) is 0 Å². The van der Waals surface area contributed by atoms with Gasteiger partial charge in [-0.2, -0.15) is 0 Å². The van der Waals surface area contributed by atoms with E-state index in [1.165, 1.54) is 18.9 Å². The van der Waals surface area contributed by atoms with E-state index in [0.717, 1.165) is 5.69 Å². The average molecular weight is 538 g/mol. The van der Waals surface area contributed by atoms with Crippen LogP contribution in [0.3, 0.4) is 0 Å². The van der Waals surface area contributed by atoms with Crippen molar-refractivity contribution in [3.05, 3.63) is 67.4 Å². The Morgan fingerprint density at radius 2 is 2.06 bits per heavy atom. The molecule has 0 radical (unpaired) electrons. The van der Waals surface area contributed by atoms with Crippen molar-refractivity contribution < 1.29 is 14.4 Å². The second-order valence-corrected chi connectivity index (χ2v) is 8.95. The van der Waals surface area contributed by atoms with Gasteiger partial charge >= 0.3 is 0 Å². The summed E-state index contributed by atoms with van der Waals surface area (Å²) < 4.78 is 13.4. The zero-order valence-corrected chi connectivity index (χ0v) is 20.3. The summed E-state index contributed by atoms with van der Waals surface area (Å²) in [4.78, 5) is 11.1. The summed E-state index contributed by atoms with van der Waals surface area (Å²) in [6, 6.07) is 10.6. The summed E-state index contributed by atoms with van der Waals surface area (Å²) >= 11 is 10.7. The summed E-state index contributed by atoms with van der Waals surface area (Å²) in [5, 5.41) is 20.4. The summed E-state index contributed by atoms with van der Waals surface area (Å²) in [7, 11) is 1.49. The highest BCUT2D eigenvalue weighted by atomic mass is 79.9. The first-order valence-electron chi connectivity index (χ1n) is 9.24. The van der Waals surface area contributed by atoms with Crippen molar-refractivity contribution in [3.8, 4) is 29.5 Å². The minimum absolute atomic E-state index is 0.0604. The highest BCUT2D eigenvalue weighted by Crippen LogP contribution is 2.43. The van der Waals surface area contributed by atoms with Crippen molar-refractivity contribution in [2.45, 2.75) is 17.3 Å². The molecule has 32 heavy (non-hydrogen) atoms. The normalized spacial score (nSPS) is 11.6. The monoisotopic (exact) mass is 536 g/mol. The van der Waals surface area contributed by atoms with Crippen LogP contribution in [-0.4, -0.2) is 39.9 Å². The Hall–Kier alpha value is -2.74. The Morgan fingerprint density at radius 3 is 2.69 bits per heavy atom. The van der Waals surface area contributed by atoms with Gasteiger partial charge in [0.05, 0.1) is 11.6 Å². The van der Waals surface area contributed by atoms with E-state index in [9.17, 15) is 10.1 Å². The topological polar surface area (TPSA) is 92.3 Å². The number of rotatable bonds is 9. The first-order valence-corrected chi connectivity index (χ1v) is 11.3. The third-order valence-electron chi connectivity index (χ3n) is 4.37. The second-order valence-electron chi connectivity index (χ2n) is 6.49. The van der Waals surface area contributed by atoms with Gasteiger partial charge in [-0.1, -0.05) is 29.3 Å². The molecule has 0 aliphatic heterocycles. The van der Waals surface area contributed by atoms with Crippen LogP contribution in [0.15, 0.2) is 46.0 Å². The minimum Gasteiger partial charge on any atom is -0.493 e. The molecular formula is C21H18BrClN4O4S. The minimum atomic E-state index is -0.577. The molecule has 0 amide bonds. The highest BCUT2D eigenvalue weighted by Gasteiger charge is 2.26. The van der Waals surface area contributed by atoms with Gasteiger partial charge in [0.2, 0.25) is 6.54 Å². The molecular weight excluding hydrogens is 520 g/mol. The van der Waals surface area contributed by atoms with Crippen molar-refractivity contribution >= 4 is 39.3 Å². The van der Waals surface area contributed by atoms with Gasteiger partial charge < -0.3 is 9.47 Å². The second kappa shape index (κ2) is 10.7. The standard InChI is InChI=1S/C21H18BrClN4O4S/c1-4-9-31-20-17(22)10-14(11-18(20)30-3)19(12-26(28)29)32-21-25-24-13(2)27(21)16-7-5-15(23)6-8-16/h1,5-8,10-11,19H,9,12H2,2-3H3/t19-/m1/s1. The molecule has 166 valence electrons. The van der Waals surface area contributed by atoms with Crippen LogP contribution in [0.5, 0.6) is 11.5 Å². The first kappa shape index (κ1) is 23.9. The van der Waals surface area contributed by atoms with Crippen molar-refractivity contribution in [2.75, 3.05) is 20.3 Å². The maximum atomic E-state index is 11.5. The van der Waals surface area contributed by atoms with Crippen molar-refractivity contribution in [3.63, 3.8) is 0 Å². The number of ether oxygens (including phenoxy) is 2. The van der Waals surface area contributed by atoms with E-state index >= 15 is 0 Å². The fourth-order valence-electron chi connectivity index (χ4n) is 2.96. The lowest BCUT2D eigenvalue weighted by Gasteiger charge is -2.17. The SMILES string of the molecule is C#CCOc1c(Br)cc([C@@H](C[N+](=O)[O-])Sc2nnc(C)n2-c2ccc(Cl)cc2)cc1OC. The molecule has 0 aliphatic rings. The lowest BCUT2D eigenvalue weighted by atomic mass is 10.1. The highest BCUT2D eigenvalue weighted by molar-refractivity contribution is 9.10. The van der Waals surface area contributed by atoms with Gasteiger partial charge in [0, 0.05) is 15.6 Å². The number of methoxy groups -OCH3 is 1. The van der Waals surface area contributed by atoms with Crippen molar-refractivity contribution in [1.29, 1.82) is 0 Å². The Kier molecular flexibility index (Phi) is 8.01. The van der Waals surface area contributed by atoms with Crippen LogP contribution < -0.4 is 9.47 Å². The molecule has 0 saturated carbocycles. The number of aromatic nitrogens is 3. The summed E-state index contributed by atoms with van der Waals surface area (Å²) in [5.74, 6) is 3.89. The van der Waals surface area contributed by atoms with Crippen LogP contribution >= 0.6 is 39.3 Å². The van der Waals surface area contributed by atoms with E-state index in [2.05, 4.69) is 32.0 Å². The third kappa shape index (κ3) is 5.54. The van der Waals surface area contributed by atoms with E-state index < -0.39 is 5.25 Å².